The number of fused-ring (bicyclic) bond motifs is 1. The Bertz CT molecular complexity index is 740. The van der Waals surface area contributed by atoms with Gasteiger partial charge < -0.3 is 9.80 Å². The number of thiazole rings is 1. The molecule has 0 radical (unpaired) electrons. The second-order valence-electron chi connectivity index (χ2n) is 6.39. The van der Waals surface area contributed by atoms with Gasteiger partial charge in [0, 0.05) is 43.7 Å². The maximum atomic E-state index is 12.6. The van der Waals surface area contributed by atoms with Crippen LogP contribution in [0.5, 0.6) is 0 Å². The van der Waals surface area contributed by atoms with Crippen molar-refractivity contribution in [2.24, 2.45) is 0 Å². The fourth-order valence-electron chi connectivity index (χ4n) is 3.51. The molecular formula is C17H21N5OS. The number of aromatic nitrogens is 3. The molecule has 2 aromatic rings. The quantitative estimate of drug-likeness (QED) is 0.835. The molecule has 1 saturated heterocycles. The number of carbonyl (C=O) groups is 1. The minimum Gasteiger partial charge on any atom is -0.341 e. The SMILES string of the molecule is Cc1nc(N2CCCC2)nc2c1CCN(C(=O)c1cscn1)CC2. The summed E-state index contributed by atoms with van der Waals surface area (Å²) < 4.78 is 0. The number of aryl methyl sites for hydroxylation is 1. The van der Waals surface area contributed by atoms with Crippen LogP contribution < -0.4 is 4.90 Å². The van der Waals surface area contributed by atoms with Crippen LogP contribution in [0.2, 0.25) is 0 Å². The molecule has 2 aromatic heterocycles. The first kappa shape index (κ1) is 15.5. The van der Waals surface area contributed by atoms with Gasteiger partial charge in [-0.1, -0.05) is 0 Å². The third-order valence-corrected chi connectivity index (χ3v) is 5.45. The molecule has 2 aliphatic rings. The summed E-state index contributed by atoms with van der Waals surface area (Å²) in [5, 5.41) is 1.82. The predicted molar refractivity (Wildman–Crippen MR) is 93.6 cm³/mol. The van der Waals surface area contributed by atoms with Crippen LogP contribution in [-0.4, -0.2) is 51.9 Å². The number of carbonyl (C=O) groups excluding carboxylic acids is 1. The summed E-state index contributed by atoms with van der Waals surface area (Å²) in [7, 11) is 0. The largest absolute Gasteiger partial charge is 0.341 e. The molecule has 0 aromatic carbocycles. The molecule has 1 amide bonds. The van der Waals surface area contributed by atoms with E-state index in [1.807, 2.05) is 10.3 Å². The van der Waals surface area contributed by atoms with E-state index in [-0.39, 0.29) is 5.91 Å². The van der Waals surface area contributed by atoms with Crippen LogP contribution in [0.4, 0.5) is 5.95 Å². The lowest BCUT2D eigenvalue weighted by atomic mass is 10.1. The predicted octanol–water partition coefficient (Wildman–Crippen LogP) is 2.08. The number of hydrogen-bond donors (Lipinski definition) is 0. The van der Waals surface area contributed by atoms with Crippen molar-refractivity contribution >= 4 is 23.2 Å². The average Bonchev–Trinajstić information content (AvgIpc) is 3.25. The normalized spacial score (nSPS) is 17.7. The van der Waals surface area contributed by atoms with Crippen molar-refractivity contribution in [1.82, 2.24) is 19.9 Å². The van der Waals surface area contributed by atoms with E-state index < -0.39 is 0 Å². The summed E-state index contributed by atoms with van der Waals surface area (Å²) in [6.07, 6.45) is 4.04. The summed E-state index contributed by atoms with van der Waals surface area (Å²) in [6.45, 7) is 5.56. The molecule has 4 rings (SSSR count). The second kappa shape index (κ2) is 6.47. The van der Waals surface area contributed by atoms with E-state index in [9.17, 15) is 4.79 Å². The fraction of sp³-hybridized carbons (Fsp3) is 0.529. The molecule has 0 saturated carbocycles. The van der Waals surface area contributed by atoms with Gasteiger partial charge in [-0.3, -0.25) is 4.79 Å². The summed E-state index contributed by atoms with van der Waals surface area (Å²) in [5.74, 6) is 0.887. The van der Waals surface area contributed by atoms with Crippen molar-refractivity contribution in [1.29, 1.82) is 0 Å². The number of nitrogens with zero attached hydrogens (tertiary/aromatic N) is 5. The number of amides is 1. The Labute approximate surface area is 145 Å². The molecule has 6 nitrogen and oxygen atoms in total. The molecule has 0 bridgehead atoms. The van der Waals surface area contributed by atoms with Crippen LogP contribution >= 0.6 is 11.3 Å². The lowest BCUT2D eigenvalue weighted by molar-refractivity contribution is 0.0758. The average molecular weight is 343 g/mol. The van der Waals surface area contributed by atoms with Crippen LogP contribution in [0.3, 0.4) is 0 Å². The van der Waals surface area contributed by atoms with Crippen molar-refractivity contribution in [2.75, 3.05) is 31.1 Å². The molecule has 4 heterocycles. The molecule has 2 aliphatic heterocycles. The highest BCUT2D eigenvalue weighted by atomic mass is 32.1. The maximum Gasteiger partial charge on any atom is 0.273 e. The Morgan fingerprint density at radius 1 is 1.12 bits per heavy atom. The zero-order valence-corrected chi connectivity index (χ0v) is 14.7. The van der Waals surface area contributed by atoms with E-state index in [2.05, 4.69) is 16.8 Å². The van der Waals surface area contributed by atoms with Gasteiger partial charge in [0.1, 0.15) is 5.69 Å². The van der Waals surface area contributed by atoms with E-state index in [1.54, 1.807) is 5.51 Å². The molecule has 0 N–H and O–H groups in total. The standard InChI is InChI=1S/C17H21N5OS/c1-12-13-4-8-21(16(23)15-10-24-11-18-15)9-5-14(13)20-17(19-12)22-6-2-3-7-22/h10-11H,2-9H2,1H3. The van der Waals surface area contributed by atoms with Crippen LogP contribution in [0.25, 0.3) is 0 Å². The highest BCUT2D eigenvalue weighted by molar-refractivity contribution is 7.07. The number of hydrogen-bond acceptors (Lipinski definition) is 6. The third-order valence-electron chi connectivity index (χ3n) is 4.87. The first-order chi connectivity index (χ1) is 11.7. The van der Waals surface area contributed by atoms with Crippen molar-refractivity contribution in [2.45, 2.75) is 32.6 Å². The van der Waals surface area contributed by atoms with Gasteiger partial charge in [-0.15, -0.1) is 11.3 Å². The summed E-state index contributed by atoms with van der Waals surface area (Å²) in [6, 6.07) is 0. The highest BCUT2D eigenvalue weighted by Crippen LogP contribution is 2.23. The number of rotatable bonds is 2. The van der Waals surface area contributed by atoms with Crippen LogP contribution in [0.1, 0.15) is 40.3 Å². The third kappa shape index (κ3) is 2.88. The molecule has 1 fully saturated rings. The molecule has 0 aliphatic carbocycles. The smallest absolute Gasteiger partial charge is 0.273 e. The van der Waals surface area contributed by atoms with Crippen LogP contribution in [0.15, 0.2) is 10.9 Å². The topological polar surface area (TPSA) is 62.2 Å². The summed E-state index contributed by atoms with van der Waals surface area (Å²) in [4.78, 5) is 30.4. The monoisotopic (exact) mass is 343 g/mol. The van der Waals surface area contributed by atoms with Gasteiger partial charge >= 0.3 is 0 Å². The van der Waals surface area contributed by atoms with Gasteiger partial charge in [0.25, 0.3) is 5.91 Å². The highest BCUT2D eigenvalue weighted by Gasteiger charge is 2.24. The minimum absolute atomic E-state index is 0.0226. The Kier molecular flexibility index (Phi) is 4.18. The van der Waals surface area contributed by atoms with Crippen molar-refractivity contribution in [3.05, 3.63) is 33.5 Å². The van der Waals surface area contributed by atoms with Gasteiger partial charge in [0.15, 0.2) is 0 Å². The summed E-state index contributed by atoms with van der Waals surface area (Å²) >= 11 is 1.46. The van der Waals surface area contributed by atoms with Crippen molar-refractivity contribution in [3.63, 3.8) is 0 Å². The van der Waals surface area contributed by atoms with Gasteiger partial charge in [-0.2, -0.15) is 0 Å². The first-order valence-corrected chi connectivity index (χ1v) is 9.45. The van der Waals surface area contributed by atoms with Gasteiger partial charge in [0.2, 0.25) is 5.95 Å². The van der Waals surface area contributed by atoms with E-state index >= 15 is 0 Å². The summed E-state index contributed by atoms with van der Waals surface area (Å²) in [5.41, 5.74) is 5.64. The Morgan fingerprint density at radius 2 is 1.92 bits per heavy atom. The van der Waals surface area contributed by atoms with E-state index in [4.69, 9.17) is 9.97 Å². The minimum atomic E-state index is 0.0226. The van der Waals surface area contributed by atoms with Crippen molar-refractivity contribution < 1.29 is 4.79 Å². The molecule has 0 atom stereocenters. The van der Waals surface area contributed by atoms with Crippen LogP contribution in [0, 0.1) is 6.92 Å². The zero-order chi connectivity index (χ0) is 16.5. The van der Waals surface area contributed by atoms with E-state index in [1.165, 1.54) is 29.7 Å². The molecule has 126 valence electrons. The lowest BCUT2D eigenvalue weighted by Gasteiger charge is -2.18. The molecule has 7 heteroatoms. The fourth-order valence-corrected chi connectivity index (χ4v) is 4.04. The molecule has 0 unspecified atom stereocenters. The van der Waals surface area contributed by atoms with E-state index in [0.717, 1.165) is 43.3 Å². The molecule has 24 heavy (non-hydrogen) atoms. The van der Waals surface area contributed by atoms with Crippen molar-refractivity contribution in [3.8, 4) is 0 Å². The van der Waals surface area contributed by atoms with Crippen LogP contribution in [-0.2, 0) is 12.8 Å². The van der Waals surface area contributed by atoms with E-state index in [0.29, 0.717) is 18.8 Å². The van der Waals surface area contributed by atoms with Gasteiger partial charge in [-0.05, 0) is 31.7 Å². The first-order valence-electron chi connectivity index (χ1n) is 8.51. The molecular weight excluding hydrogens is 322 g/mol. The number of anilines is 1. The second-order valence-corrected chi connectivity index (χ2v) is 7.11. The molecule has 0 spiro atoms. The lowest BCUT2D eigenvalue weighted by Crippen LogP contribution is -2.33. The Morgan fingerprint density at radius 3 is 2.67 bits per heavy atom. The maximum absolute atomic E-state index is 12.6. The zero-order valence-electron chi connectivity index (χ0n) is 13.9. The Balaban J connectivity index is 1.56. The Hall–Kier alpha value is -2.02. The van der Waals surface area contributed by atoms with Gasteiger partial charge in [0.05, 0.1) is 11.2 Å². The van der Waals surface area contributed by atoms with Gasteiger partial charge in [-0.25, -0.2) is 15.0 Å².